The molecule has 53 heavy (non-hydrogen) atoms. The fourth-order valence-corrected chi connectivity index (χ4v) is 8.81. The molecule has 288 valence electrons. The smallest absolute Gasteiger partial charge is 0.416 e. The third-order valence-corrected chi connectivity index (χ3v) is 11.2. The molecule has 0 radical (unpaired) electrons. The quantitative estimate of drug-likeness (QED) is 0.124. The minimum atomic E-state index is -5.39. The average molecular weight is 783 g/mol. The minimum Gasteiger partial charge on any atom is -0.496 e. The zero-order valence-corrected chi connectivity index (χ0v) is 30.3. The highest BCUT2D eigenvalue weighted by molar-refractivity contribution is 7.80. The zero-order chi connectivity index (χ0) is 40.0. The van der Waals surface area contributed by atoms with E-state index in [0.717, 1.165) is 12.7 Å². The lowest BCUT2D eigenvalue weighted by atomic mass is 9.82. The van der Waals surface area contributed by atoms with Gasteiger partial charge in [0.1, 0.15) is 11.5 Å². The summed E-state index contributed by atoms with van der Waals surface area (Å²) in [6.07, 6.45) is -21.0. The van der Waals surface area contributed by atoms with Crippen molar-refractivity contribution in [1.29, 1.82) is 0 Å². The highest BCUT2D eigenvalue weighted by atomic mass is 31.1. The van der Waals surface area contributed by atoms with Gasteiger partial charge in [0.15, 0.2) is 0 Å². The first-order valence-corrected chi connectivity index (χ1v) is 17.5. The Morgan fingerprint density at radius 2 is 0.925 bits per heavy atom. The number of hydrogen-bond acceptors (Lipinski definition) is 2. The minimum absolute atomic E-state index is 0.00893. The molecule has 0 aromatic heterocycles. The van der Waals surface area contributed by atoms with Crippen LogP contribution in [0.25, 0.3) is 11.1 Å². The van der Waals surface area contributed by atoms with Crippen molar-refractivity contribution in [1.82, 2.24) is 0 Å². The first kappa shape index (κ1) is 41.8. The molecule has 4 rings (SSSR count). The van der Waals surface area contributed by atoms with Crippen molar-refractivity contribution in [3.05, 3.63) is 99.6 Å². The van der Waals surface area contributed by atoms with Gasteiger partial charge in [-0.05, 0) is 109 Å². The van der Waals surface area contributed by atoms with Gasteiger partial charge < -0.3 is 9.47 Å². The van der Waals surface area contributed by atoms with Crippen LogP contribution in [0.1, 0.15) is 84.9 Å². The highest BCUT2D eigenvalue weighted by Crippen LogP contribution is 2.51. The number of halogens is 12. The number of alkyl halides is 12. The van der Waals surface area contributed by atoms with Crippen LogP contribution in [0.2, 0.25) is 0 Å². The Morgan fingerprint density at radius 1 is 0.547 bits per heavy atom. The second-order valence-electron chi connectivity index (χ2n) is 12.8. The van der Waals surface area contributed by atoms with E-state index in [9.17, 15) is 52.7 Å². The molecule has 0 saturated heterocycles. The van der Waals surface area contributed by atoms with Crippen molar-refractivity contribution in [3.8, 4) is 22.6 Å². The maximum atomic E-state index is 14.3. The lowest BCUT2D eigenvalue weighted by Crippen LogP contribution is -2.28. The van der Waals surface area contributed by atoms with Crippen LogP contribution in [0.4, 0.5) is 52.7 Å². The van der Waals surface area contributed by atoms with Crippen LogP contribution in [-0.4, -0.2) is 14.2 Å². The number of methoxy groups -OCH3 is 2. The van der Waals surface area contributed by atoms with Gasteiger partial charge >= 0.3 is 24.7 Å². The maximum Gasteiger partial charge on any atom is 0.416 e. The second kappa shape index (κ2) is 15.1. The van der Waals surface area contributed by atoms with Gasteiger partial charge in [-0.3, -0.25) is 0 Å². The van der Waals surface area contributed by atoms with E-state index in [1.165, 1.54) is 19.2 Å². The maximum absolute atomic E-state index is 14.3. The van der Waals surface area contributed by atoms with Crippen molar-refractivity contribution in [3.63, 3.8) is 0 Å². The summed E-state index contributed by atoms with van der Waals surface area (Å²) >= 11 is 0. The second-order valence-corrected chi connectivity index (χ2v) is 15.0. The average Bonchev–Trinajstić information content (AvgIpc) is 3.05. The Bertz CT molecular complexity index is 1820. The van der Waals surface area contributed by atoms with Gasteiger partial charge in [0.25, 0.3) is 0 Å². The van der Waals surface area contributed by atoms with Gasteiger partial charge in [-0.1, -0.05) is 45.4 Å². The van der Waals surface area contributed by atoms with Crippen LogP contribution >= 0.6 is 7.92 Å². The van der Waals surface area contributed by atoms with Gasteiger partial charge in [-0.2, -0.15) is 52.7 Å². The van der Waals surface area contributed by atoms with Crippen LogP contribution in [0.5, 0.6) is 11.5 Å². The molecule has 0 amide bonds. The summed E-state index contributed by atoms with van der Waals surface area (Å²) in [5.74, 6) is -0.712. The Labute approximate surface area is 299 Å². The lowest BCUT2D eigenvalue weighted by molar-refractivity contribution is -0.144. The lowest BCUT2D eigenvalue weighted by Gasteiger charge is -2.31. The molecule has 0 aliphatic rings. The van der Waals surface area contributed by atoms with Crippen LogP contribution in [-0.2, 0) is 24.7 Å². The molecular weight excluding hydrogens is 747 g/mol. The summed E-state index contributed by atoms with van der Waals surface area (Å²) in [6.45, 7) is 9.24. The first-order chi connectivity index (χ1) is 24.3. The summed E-state index contributed by atoms with van der Waals surface area (Å²) in [5.41, 5.74) is -4.64. The number of aryl methyl sites for hydroxylation is 1. The van der Waals surface area contributed by atoms with Crippen LogP contribution in [0, 0.1) is 6.92 Å². The molecule has 0 aliphatic heterocycles. The van der Waals surface area contributed by atoms with Crippen LogP contribution in [0.3, 0.4) is 0 Å². The van der Waals surface area contributed by atoms with E-state index >= 15 is 0 Å². The van der Waals surface area contributed by atoms with Crippen molar-refractivity contribution >= 4 is 23.8 Å². The Morgan fingerprint density at radius 3 is 1.26 bits per heavy atom. The molecule has 4 aromatic carbocycles. The molecular formula is C38H35F12O2P. The Balaban J connectivity index is 2.41. The molecule has 0 spiro atoms. The topological polar surface area (TPSA) is 18.5 Å². The van der Waals surface area contributed by atoms with Crippen LogP contribution in [0.15, 0.2) is 60.7 Å². The van der Waals surface area contributed by atoms with Crippen molar-refractivity contribution in [2.45, 2.75) is 77.6 Å². The molecule has 0 heterocycles. The van der Waals surface area contributed by atoms with Gasteiger partial charge in [-0.25, -0.2) is 0 Å². The van der Waals surface area contributed by atoms with Crippen molar-refractivity contribution in [2.24, 2.45) is 0 Å². The summed E-state index contributed by atoms with van der Waals surface area (Å²) in [6, 6.07) is 7.30. The normalized spacial score (nSPS) is 13.5. The highest BCUT2D eigenvalue weighted by Gasteiger charge is 2.42. The monoisotopic (exact) mass is 782 g/mol. The SMILES string of the molecule is CCC(C)c1cc(C)cc(C(C)C)c1-c1c(OC)ccc(OC)c1P(c1cc(C(F)(F)F)cc(C(F)(F)F)c1)c1cc(C(F)(F)F)cc(C(F)(F)F)c1. The van der Waals surface area contributed by atoms with Gasteiger partial charge in [-0.15, -0.1) is 0 Å². The van der Waals surface area contributed by atoms with Gasteiger partial charge in [0.05, 0.1) is 36.5 Å². The van der Waals surface area contributed by atoms with Crippen molar-refractivity contribution in [2.75, 3.05) is 14.2 Å². The van der Waals surface area contributed by atoms with Crippen molar-refractivity contribution < 1.29 is 62.2 Å². The zero-order valence-electron chi connectivity index (χ0n) is 29.4. The van der Waals surface area contributed by atoms with E-state index < -0.39 is 65.5 Å². The molecule has 4 aromatic rings. The van der Waals surface area contributed by atoms with E-state index in [1.807, 2.05) is 46.8 Å². The van der Waals surface area contributed by atoms with E-state index in [4.69, 9.17) is 9.47 Å². The van der Waals surface area contributed by atoms with E-state index in [0.29, 0.717) is 47.4 Å². The molecule has 0 N–H and O–H groups in total. The third-order valence-electron chi connectivity index (χ3n) is 8.79. The molecule has 0 saturated carbocycles. The van der Waals surface area contributed by atoms with E-state index in [2.05, 4.69) is 0 Å². The Kier molecular flexibility index (Phi) is 11.9. The number of ether oxygens (including phenoxy) is 2. The molecule has 1 unspecified atom stereocenters. The number of benzene rings is 4. The summed E-state index contributed by atoms with van der Waals surface area (Å²) in [5, 5.41) is -1.89. The predicted octanol–water partition coefficient (Wildman–Crippen LogP) is 12.1. The predicted molar refractivity (Wildman–Crippen MR) is 181 cm³/mol. The molecule has 1 atom stereocenters. The summed E-state index contributed by atoms with van der Waals surface area (Å²) in [7, 11) is -0.813. The number of rotatable bonds is 9. The van der Waals surface area contributed by atoms with Gasteiger partial charge in [0.2, 0.25) is 0 Å². The molecule has 2 nitrogen and oxygen atoms in total. The fourth-order valence-electron chi connectivity index (χ4n) is 6.09. The van der Waals surface area contributed by atoms with E-state index in [-0.39, 0.29) is 46.3 Å². The fraction of sp³-hybridized carbons (Fsp3) is 0.368. The summed E-state index contributed by atoms with van der Waals surface area (Å²) < 4.78 is 183. The standard InChI is InChI=1S/C38H35F12O2P/c1-8-21(5)29-12-20(4)11-28(19(2)3)32(29)33-30(51-6)9-10-31(52-7)34(33)53(26-15-22(35(39,40)41)13-23(16-26)36(42,43)44)27-17-24(37(45,46)47)14-25(18-27)38(48,49)50/h9-19,21H,8H2,1-7H3. The molecule has 15 heteroatoms. The van der Waals surface area contributed by atoms with E-state index in [1.54, 1.807) is 0 Å². The first-order valence-electron chi connectivity index (χ1n) is 16.1. The molecule has 0 aliphatic carbocycles. The number of hydrogen-bond donors (Lipinski definition) is 0. The van der Waals surface area contributed by atoms with Crippen LogP contribution < -0.4 is 25.4 Å². The van der Waals surface area contributed by atoms with Gasteiger partial charge in [0, 0.05) is 10.9 Å². The Hall–Kier alpha value is -3.93. The summed E-state index contributed by atoms with van der Waals surface area (Å²) in [4.78, 5) is 0. The molecule has 0 fully saturated rings. The molecule has 0 bridgehead atoms. The third kappa shape index (κ3) is 8.90. The largest absolute Gasteiger partial charge is 0.496 e.